The quantitative estimate of drug-likeness (QED) is 0.804. The minimum atomic E-state index is -0.386. The predicted octanol–water partition coefficient (Wildman–Crippen LogP) is 2.45. The van der Waals surface area contributed by atoms with Crippen LogP contribution in [0.25, 0.3) is 0 Å². The van der Waals surface area contributed by atoms with Gasteiger partial charge in [-0.2, -0.15) is 0 Å². The highest BCUT2D eigenvalue weighted by Gasteiger charge is 2.24. The molecule has 0 radical (unpaired) electrons. The largest absolute Gasteiger partial charge is 0.493 e. The summed E-state index contributed by atoms with van der Waals surface area (Å²) < 4.78 is 15.9. The van der Waals surface area contributed by atoms with Crippen molar-refractivity contribution in [1.82, 2.24) is 10.2 Å². The van der Waals surface area contributed by atoms with E-state index in [0.29, 0.717) is 50.0 Å². The molecule has 0 saturated carbocycles. The molecule has 1 aromatic carbocycles. The second-order valence-corrected chi connectivity index (χ2v) is 6.73. The second kappa shape index (κ2) is 9.89. The Labute approximate surface area is 154 Å². The minimum Gasteiger partial charge on any atom is -0.493 e. The van der Waals surface area contributed by atoms with E-state index in [-0.39, 0.29) is 24.6 Å². The third kappa shape index (κ3) is 6.13. The fourth-order valence-corrected chi connectivity index (χ4v) is 2.69. The number of amides is 2. The number of alkyl carbamates (subject to hydrolysis) is 1. The van der Waals surface area contributed by atoms with Crippen LogP contribution in [0.5, 0.6) is 11.5 Å². The summed E-state index contributed by atoms with van der Waals surface area (Å²) in [6, 6.07) is 7.27. The van der Waals surface area contributed by atoms with Crippen molar-refractivity contribution >= 4 is 12.0 Å². The van der Waals surface area contributed by atoms with Crippen LogP contribution < -0.4 is 14.8 Å². The number of carbonyl (C=O) groups is 2. The summed E-state index contributed by atoms with van der Waals surface area (Å²) in [5, 5.41) is 2.86. The molecule has 7 heteroatoms. The Morgan fingerprint density at radius 3 is 2.46 bits per heavy atom. The summed E-state index contributed by atoms with van der Waals surface area (Å²) in [5.74, 6) is 1.39. The number of benzene rings is 1. The molecule has 26 heavy (non-hydrogen) atoms. The van der Waals surface area contributed by atoms with Crippen LogP contribution in [0, 0.1) is 5.92 Å². The van der Waals surface area contributed by atoms with E-state index >= 15 is 0 Å². The van der Waals surface area contributed by atoms with Crippen LogP contribution in [0.2, 0.25) is 0 Å². The van der Waals surface area contributed by atoms with Gasteiger partial charge in [-0.1, -0.05) is 26.0 Å². The van der Waals surface area contributed by atoms with Crippen molar-refractivity contribution in [2.75, 3.05) is 33.4 Å². The number of piperidine rings is 1. The topological polar surface area (TPSA) is 77.1 Å². The zero-order chi connectivity index (χ0) is 18.9. The molecule has 0 spiro atoms. The Morgan fingerprint density at radius 2 is 1.85 bits per heavy atom. The van der Waals surface area contributed by atoms with Crippen LogP contribution in [0.3, 0.4) is 0 Å². The van der Waals surface area contributed by atoms with Crippen molar-refractivity contribution in [2.45, 2.75) is 32.7 Å². The van der Waals surface area contributed by atoms with E-state index in [1.807, 2.05) is 26.0 Å². The number of nitrogens with one attached hydrogen (secondary N) is 1. The molecule has 0 bridgehead atoms. The summed E-state index contributed by atoms with van der Waals surface area (Å²) in [6.07, 6.45) is 1.02. The lowest BCUT2D eigenvalue weighted by Gasteiger charge is -2.32. The standard InChI is InChI=1S/C19H28N2O5/c1-14(2)12-26-19(23)20-15-8-10-21(11-9-15)18(22)13-25-17-7-5-4-6-16(17)24-3/h4-7,14-15H,8-13H2,1-3H3,(H,20,23). The van der Waals surface area contributed by atoms with Crippen molar-refractivity contribution in [3.05, 3.63) is 24.3 Å². The molecule has 2 rings (SSSR count). The normalized spacial score (nSPS) is 14.8. The monoisotopic (exact) mass is 364 g/mol. The third-order valence-corrected chi connectivity index (χ3v) is 4.14. The van der Waals surface area contributed by atoms with Crippen LogP contribution in [-0.4, -0.2) is 56.4 Å². The van der Waals surface area contributed by atoms with E-state index in [9.17, 15) is 9.59 Å². The molecule has 7 nitrogen and oxygen atoms in total. The van der Waals surface area contributed by atoms with Gasteiger partial charge in [0.25, 0.3) is 5.91 Å². The molecule has 1 aliphatic rings. The lowest BCUT2D eigenvalue weighted by atomic mass is 10.1. The Balaban J connectivity index is 1.72. The molecule has 0 atom stereocenters. The number of para-hydroxylation sites is 2. The first-order valence-electron chi connectivity index (χ1n) is 8.96. The second-order valence-electron chi connectivity index (χ2n) is 6.73. The molecule has 1 aliphatic heterocycles. The number of methoxy groups -OCH3 is 1. The maximum Gasteiger partial charge on any atom is 0.407 e. The summed E-state index contributed by atoms with van der Waals surface area (Å²) in [6.45, 7) is 5.53. The number of hydrogen-bond donors (Lipinski definition) is 1. The third-order valence-electron chi connectivity index (χ3n) is 4.14. The number of carbonyl (C=O) groups excluding carboxylic acids is 2. The van der Waals surface area contributed by atoms with E-state index in [0.717, 1.165) is 0 Å². The molecular formula is C19H28N2O5. The maximum atomic E-state index is 12.3. The zero-order valence-corrected chi connectivity index (χ0v) is 15.7. The average molecular weight is 364 g/mol. The fourth-order valence-electron chi connectivity index (χ4n) is 2.69. The van der Waals surface area contributed by atoms with Gasteiger partial charge in [0.15, 0.2) is 18.1 Å². The van der Waals surface area contributed by atoms with Gasteiger partial charge in [-0.05, 0) is 30.9 Å². The number of nitrogens with zero attached hydrogens (tertiary/aromatic N) is 1. The maximum absolute atomic E-state index is 12.3. The molecule has 1 saturated heterocycles. The summed E-state index contributed by atoms with van der Waals surface area (Å²) in [7, 11) is 1.56. The van der Waals surface area contributed by atoms with Crippen LogP contribution in [0.4, 0.5) is 4.79 Å². The van der Waals surface area contributed by atoms with Crippen molar-refractivity contribution in [2.24, 2.45) is 5.92 Å². The smallest absolute Gasteiger partial charge is 0.407 e. The van der Waals surface area contributed by atoms with Gasteiger partial charge in [-0.3, -0.25) is 4.79 Å². The van der Waals surface area contributed by atoms with Crippen molar-refractivity contribution in [1.29, 1.82) is 0 Å². The fraction of sp³-hybridized carbons (Fsp3) is 0.579. The Kier molecular flexibility index (Phi) is 7.56. The van der Waals surface area contributed by atoms with Gasteiger partial charge in [-0.15, -0.1) is 0 Å². The molecule has 1 heterocycles. The van der Waals surface area contributed by atoms with Gasteiger partial charge >= 0.3 is 6.09 Å². The van der Waals surface area contributed by atoms with Gasteiger partial charge in [0.05, 0.1) is 13.7 Å². The van der Waals surface area contributed by atoms with Crippen LogP contribution in [-0.2, 0) is 9.53 Å². The Hall–Kier alpha value is -2.44. The molecule has 0 aromatic heterocycles. The van der Waals surface area contributed by atoms with Gasteiger partial charge in [-0.25, -0.2) is 4.79 Å². The highest BCUT2D eigenvalue weighted by molar-refractivity contribution is 5.78. The molecule has 1 aromatic rings. The SMILES string of the molecule is COc1ccccc1OCC(=O)N1CCC(NC(=O)OCC(C)C)CC1. The molecule has 0 aliphatic carbocycles. The van der Waals surface area contributed by atoms with Crippen LogP contribution in [0.1, 0.15) is 26.7 Å². The van der Waals surface area contributed by atoms with Gasteiger partial charge in [0.1, 0.15) is 0 Å². The molecular weight excluding hydrogens is 336 g/mol. The lowest BCUT2D eigenvalue weighted by Crippen LogP contribution is -2.47. The molecule has 144 valence electrons. The van der Waals surface area contributed by atoms with Crippen LogP contribution in [0.15, 0.2) is 24.3 Å². The molecule has 1 N–H and O–H groups in total. The van der Waals surface area contributed by atoms with E-state index < -0.39 is 0 Å². The van der Waals surface area contributed by atoms with E-state index in [1.165, 1.54) is 0 Å². The van der Waals surface area contributed by atoms with Gasteiger partial charge in [0.2, 0.25) is 0 Å². The Morgan fingerprint density at radius 1 is 1.19 bits per heavy atom. The van der Waals surface area contributed by atoms with E-state index in [2.05, 4.69) is 5.32 Å². The summed E-state index contributed by atoms with van der Waals surface area (Å²) in [5.41, 5.74) is 0. The highest BCUT2D eigenvalue weighted by Crippen LogP contribution is 2.25. The molecule has 0 unspecified atom stereocenters. The first-order chi connectivity index (χ1) is 12.5. The number of ether oxygens (including phenoxy) is 3. The number of rotatable bonds is 7. The number of likely N-dealkylation sites (tertiary alicyclic amines) is 1. The Bertz CT molecular complexity index is 597. The minimum absolute atomic E-state index is 0.0328. The van der Waals surface area contributed by atoms with E-state index in [4.69, 9.17) is 14.2 Å². The van der Waals surface area contributed by atoms with E-state index in [1.54, 1.807) is 24.1 Å². The van der Waals surface area contributed by atoms with Crippen molar-refractivity contribution in [3.8, 4) is 11.5 Å². The zero-order valence-electron chi connectivity index (χ0n) is 15.7. The first kappa shape index (κ1) is 19.9. The highest BCUT2D eigenvalue weighted by atomic mass is 16.5. The van der Waals surface area contributed by atoms with Gasteiger partial charge in [0, 0.05) is 19.1 Å². The molecule has 1 fully saturated rings. The van der Waals surface area contributed by atoms with Crippen LogP contribution >= 0.6 is 0 Å². The van der Waals surface area contributed by atoms with Crippen molar-refractivity contribution in [3.63, 3.8) is 0 Å². The predicted molar refractivity (Wildman–Crippen MR) is 97.4 cm³/mol. The average Bonchev–Trinajstić information content (AvgIpc) is 2.65. The van der Waals surface area contributed by atoms with Crippen molar-refractivity contribution < 1.29 is 23.8 Å². The van der Waals surface area contributed by atoms with Gasteiger partial charge < -0.3 is 24.4 Å². The summed E-state index contributed by atoms with van der Waals surface area (Å²) >= 11 is 0. The summed E-state index contributed by atoms with van der Waals surface area (Å²) in [4.78, 5) is 25.8. The first-order valence-corrected chi connectivity index (χ1v) is 8.96. The molecule has 2 amide bonds. The lowest BCUT2D eigenvalue weighted by molar-refractivity contribution is -0.134. The number of hydrogen-bond acceptors (Lipinski definition) is 5.